The molecule has 0 bridgehead atoms. The number of nitrogens with two attached hydrogens (primary N) is 1. The van der Waals surface area contributed by atoms with Crippen LogP contribution < -0.4 is 10.6 Å². The van der Waals surface area contributed by atoms with Gasteiger partial charge in [-0.3, -0.25) is 0 Å². The zero-order chi connectivity index (χ0) is 15.3. The fourth-order valence-corrected chi connectivity index (χ4v) is 2.30. The number of nitrogen functional groups attached to an aromatic ring is 1. The van der Waals surface area contributed by atoms with E-state index in [2.05, 4.69) is 6.07 Å². The minimum absolute atomic E-state index is 0.186. The molecule has 1 aromatic rings. The largest absolute Gasteiger partial charge is 0.465 e. The second-order valence-corrected chi connectivity index (χ2v) is 4.87. The van der Waals surface area contributed by atoms with Gasteiger partial charge in [-0.1, -0.05) is 11.6 Å². The van der Waals surface area contributed by atoms with E-state index in [-0.39, 0.29) is 5.92 Å². The van der Waals surface area contributed by atoms with Gasteiger partial charge in [-0.25, -0.2) is 4.79 Å². The highest BCUT2D eigenvalue weighted by Gasteiger charge is 2.21. The first-order chi connectivity index (χ1) is 9.44. The SMILES string of the molecule is CCN(CC(C)C#N)c1c(Cl)cc(N)cc1C(=O)OC. The average Bonchev–Trinajstić information content (AvgIpc) is 2.43. The van der Waals surface area contributed by atoms with Crippen LogP contribution in [-0.2, 0) is 4.74 Å². The molecule has 0 radical (unpaired) electrons. The Bertz CT molecular complexity index is 540. The van der Waals surface area contributed by atoms with E-state index in [4.69, 9.17) is 27.3 Å². The molecule has 5 nitrogen and oxygen atoms in total. The number of nitriles is 1. The number of hydrogen-bond acceptors (Lipinski definition) is 5. The summed E-state index contributed by atoms with van der Waals surface area (Å²) in [5.74, 6) is -0.689. The van der Waals surface area contributed by atoms with Crippen molar-refractivity contribution in [3.63, 3.8) is 0 Å². The van der Waals surface area contributed by atoms with Crippen molar-refractivity contribution in [2.45, 2.75) is 13.8 Å². The van der Waals surface area contributed by atoms with Crippen LogP contribution >= 0.6 is 11.6 Å². The molecular weight excluding hydrogens is 278 g/mol. The lowest BCUT2D eigenvalue weighted by atomic mass is 10.1. The third-order valence-corrected chi connectivity index (χ3v) is 3.19. The summed E-state index contributed by atoms with van der Waals surface area (Å²) in [6.45, 7) is 4.82. The molecular formula is C14H18ClN3O2. The van der Waals surface area contributed by atoms with Crippen molar-refractivity contribution in [1.29, 1.82) is 5.26 Å². The number of anilines is 2. The van der Waals surface area contributed by atoms with E-state index in [1.807, 2.05) is 18.7 Å². The Morgan fingerprint density at radius 3 is 2.75 bits per heavy atom. The number of rotatable bonds is 5. The normalized spacial score (nSPS) is 11.6. The minimum atomic E-state index is -0.503. The smallest absolute Gasteiger partial charge is 0.340 e. The van der Waals surface area contributed by atoms with E-state index >= 15 is 0 Å². The Balaban J connectivity index is 3.33. The van der Waals surface area contributed by atoms with Crippen molar-refractivity contribution < 1.29 is 9.53 Å². The van der Waals surface area contributed by atoms with Gasteiger partial charge in [0.1, 0.15) is 0 Å². The van der Waals surface area contributed by atoms with Gasteiger partial charge in [0.25, 0.3) is 0 Å². The zero-order valence-corrected chi connectivity index (χ0v) is 12.6. The molecule has 20 heavy (non-hydrogen) atoms. The van der Waals surface area contributed by atoms with Gasteiger partial charge < -0.3 is 15.4 Å². The van der Waals surface area contributed by atoms with Gasteiger partial charge in [0.2, 0.25) is 0 Å². The maximum atomic E-state index is 11.9. The number of carbonyl (C=O) groups excluding carboxylic acids is 1. The molecule has 0 aliphatic heterocycles. The minimum Gasteiger partial charge on any atom is -0.465 e. The highest BCUT2D eigenvalue weighted by molar-refractivity contribution is 6.34. The molecule has 0 spiro atoms. The fourth-order valence-electron chi connectivity index (χ4n) is 1.96. The van der Waals surface area contributed by atoms with E-state index < -0.39 is 5.97 Å². The number of nitrogens with zero attached hydrogens (tertiary/aromatic N) is 2. The molecule has 1 aromatic carbocycles. The van der Waals surface area contributed by atoms with Crippen LogP contribution in [0.1, 0.15) is 24.2 Å². The third-order valence-electron chi connectivity index (χ3n) is 2.90. The van der Waals surface area contributed by atoms with Gasteiger partial charge in [0.05, 0.1) is 35.4 Å². The van der Waals surface area contributed by atoms with Crippen LogP contribution in [0.25, 0.3) is 0 Å². The number of esters is 1. The predicted octanol–water partition coefficient (Wildman–Crippen LogP) is 2.69. The monoisotopic (exact) mass is 295 g/mol. The predicted molar refractivity (Wildman–Crippen MR) is 79.9 cm³/mol. The molecule has 108 valence electrons. The Hall–Kier alpha value is -1.93. The van der Waals surface area contributed by atoms with Crippen molar-refractivity contribution in [3.8, 4) is 6.07 Å². The van der Waals surface area contributed by atoms with Crippen LogP contribution in [0.2, 0.25) is 5.02 Å². The van der Waals surface area contributed by atoms with Crippen molar-refractivity contribution >= 4 is 28.9 Å². The topological polar surface area (TPSA) is 79.4 Å². The summed E-state index contributed by atoms with van der Waals surface area (Å²) < 4.78 is 4.77. The van der Waals surface area contributed by atoms with E-state index in [1.165, 1.54) is 13.2 Å². The molecule has 2 N–H and O–H groups in total. The fraction of sp³-hybridized carbons (Fsp3) is 0.429. The summed E-state index contributed by atoms with van der Waals surface area (Å²) in [7, 11) is 1.30. The number of halogens is 1. The Kier molecular flexibility index (Phi) is 5.66. The quantitative estimate of drug-likeness (QED) is 0.667. The zero-order valence-electron chi connectivity index (χ0n) is 11.8. The van der Waals surface area contributed by atoms with Gasteiger partial charge in [0.15, 0.2) is 0 Å². The van der Waals surface area contributed by atoms with Crippen molar-refractivity contribution in [2.24, 2.45) is 5.92 Å². The molecule has 0 amide bonds. The molecule has 1 unspecified atom stereocenters. The Morgan fingerprint density at radius 1 is 1.60 bits per heavy atom. The van der Waals surface area contributed by atoms with Crippen LogP contribution in [0.15, 0.2) is 12.1 Å². The maximum absolute atomic E-state index is 11.9. The number of benzene rings is 1. The summed E-state index contributed by atoms with van der Waals surface area (Å²) in [6, 6.07) is 5.29. The highest BCUT2D eigenvalue weighted by Crippen LogP contribution is 2.33. The van der Waals surface area contributed by atoms with Crippen LogP contribution in [0.3, 0.4) is 0 Å². The van der Waals surface area contributed by atoms with Gasteiger partial charge in [-0.05, 0) is 26.0 Å². The molecule has 1 atom stereocenters. The van der Waals surface area contributed by atoms with Crippen molar-refractivity contribution in [2.75, 3.05) is 30.8 Å². The first-order valence-electron chi connectivity index (χ1n) is 6.26. The molecule has 0 saturated heterocycles. The van der Waals surface area contributed by atoms with Gasteiger partial charge in [0, 0.05) is 18.8 Å². The lowest BCUT2D eigenvalue weighted by molar-refractivity contribution is 0.0601. The van der Waals surface area contributed by atoms with Gasteiger partial charge >= 0.3 is 5.97 Å². The van der Waals surface area contributed by atoms with Crippen LogP contribution in [-0.4, -0.2) is 26.2 Å². The van der Waals surface area contributed by atoms with Gasteiger partial charge in [-0.15, -0.1) is 0 Å². The maximum Gasteiger partial charge on any atom is 0.340 e. The van der Waals surface area contributed by atoms with Crippen LogP contribution in [0, 0.1) is 17.2 Å². The molecule has 0 aromatic heterocycles. The first kappa shape index (κ1) is 16.1. The van der Waals surface area contributed by atoms with Crippen molar-refractivity contribution in [3.05, 3.63) is 22.7 Å². The van der Waals surface area contributed by atoms with Crippen LogP contribution in [0.5, 0.6) is 0 Å². The molecule has 0 saturated carbocycles. The summed E-state index contributed by atoms with van der Waals surface area (Å²) >= 11 is 6.22. The molecule has 1 rings (SSSR count). The average molecular weight is 296 g/mol. The first-order valence-corrected chi connectivity index (χ1v) is 6.64. The number of carbonyl (C=O) groups is 1. The molecule has 0 fully saturated rings. The molecule has 6 heteroatoms. The summed E-state index contributed by atoms with van der Waals surface area (Å²) in [4.78, 5) is 13.8. The van der Waals surface area contributed by atoms with E-state index in [0.29, 0.717) is 35.1 Å². The number of hydrogen-bond donors (Lipinski definition) is 1. The molecule has 0 aliphatic rings. The molecule has 0 aliphatic carbocycles. The lowest BCUT2D eigenvalue weighted by Crippen LogP contribution is -2.30. The number of methoxy groups -OCH3 is 1. The summed E-state index contributed by atoms with van der Waals surface area (Å²) in [5.41, 5.74) is 6.98. The van der Waals surface area contributed by atoms with E-state index in [0.717, 1.165) is 0 Å². The van der Waals surface area contributed by atoms with E-state index in [9.17, 15) is 4.79 Å². The summed E-state index contributed by atoms with van der Waals surface area (Å²) in [6.07, 6.45) is 0. The summed E-state index contributed by atoms with van der Waals surface area (Å²) in [5, 5.41) is 9.32. The standard InChI is InChI=1S/C14H18ClN3O2/c1-4-18(8-9(2)7-16)13-11(14(19)20-3)5-10(17)6-12(13)15/h5-6,9H,4,8,17H2,1-3H3. The van der Waals surface area contributed by atoms with Gasteiger partial charge in [-0.2, -0.15) is 5.26 Å². The van der Waals surface area contributed by atoms with Crippen molar-refractivity contribution in [1.82, 2.24) is 0 Å². The Morgan fingerprint density at radius 2 is 2.25 bits per heavy atom. The highest BCUT2D eigenvalue weighted by atomic mass is 35.5. The molecule has 0 heterocycles. The lowest BCUT2D eigenvalue weighted by Gasteiger charge is -2.27. The van der Waals surface area contributed by atoms with E-state index in [1.54, 1.807) is 6.07 Å². The third kappa shape index (κ3) is 3.55. The second kappa shape index (κ2) is 7.01. The second-order valence-electron chi connectivity index (χ2n) is 4.46. The van der Waals surface area contributed by atoms with Crippen LogP contribution in [0.4, 0.5) is 11.4 Å². The Labute approximate surface area is 123 Å². The number of ether oxygens (including phenoxy) is 1.